The standard InChI is InChI=1S/C13H20/c1-4-6-7-8-9-10-11-12-13(3)5-2/h7-12H,3-6H2,1-2H3. The number of unbranched alkanes of at least 4 members (excludes halogenated alkanes) is 1. The molecule has 0 spiro atoms. The maximum atomic E-state index is 3.88. The van der Waals surface area contributed by atoms with Crippen LogP contribution in [0.25, 0.3) is 0 Å². The van der Waals surface area contributed by atoms with E-state index < -0.39 is 0 Å². The van der Waals surface area contributed by atoms with Crippen molar-refractivity contribution in [2.75, 3.05) is 0 Å². The number of hydrogen-bond acceptors (Lipinski definition) is 0. The molecule has 0 heteroatoms. The van der Waals surface area contributed by atoms with E-state index in [0.29, 0.717) is 0 Å². The lowest BCUT2D eigenvalue weighted by Gasteiger charge is -1.87. The molecule has 0 amide bonds. The molecule has 0 aliphatic rings. The van der Waals surface area contributed by atoms with Crippen molar-refractivity contribution in [2.45, 2.75) is 33.1 Å². The Morgan fingerprint density at radius 1 is 1.08 bits per heavy atom. The first-order chi connectivity index (χ1) is 6.31. The Morgan fingerprint density at radius 2 is 1.77 bits per heavy atom. The summed E-state index contributed by atoms with van der Waals surface area (Å²) in [5.74, 6) is 0. The summed E-state index contributed by atoms with van der Waals surface area (Å²) in [6, 6.07) is 0. The molecule has 0 atom stereocenters. The van der Waals surface area contributed by atoms with Crippen LogP contribution < -0.4 is 0 Å². The third-order valence-corrected chi connectivity index (χ3v) is 1.71. The summed E-state index contributed by atoms with van der Waals surface area (Å²) < 4.78 is 0. The number of allylic oxidation sites excluding steroid dienone is 7. The van der Waals surface area contributed by atoms with Crippen molar-refractivity contribution < 1.29 is 0 Å². The molecule has 0 fully saturated rings. The summed E-state index contributed by atoms with van der Waals surface area (Å²) in [5.41, 5.74) is 1.17. The van der Waals surface area contributed by atoms with Gasteiger partial charge in [0.2, 0.25) is 0 Å². The van der Waals surface area contributed by atoms with Gasteiger partial charge in [-0.3, -0.25) is 0 Å². The van der Waals surface area contributed by atoms with Crippen molar-refractivity contribution in [1.29, 1.82) is 0 Å². The predicted molar refractivity (Wildman–Crippen MR) is 61.8 cm³/mol. The second kappa shape index (κ2) is 9.05. The molecule has 0 saturated heterocycles. The second-order valence-electron chi connectivity index (χ2n) is 2.97. The van der Waals surface area contributed by atoms with Gasteiger partial charge in [-0.15, -0.1) is 0 Å². The van der Waals surface area contributed by atoms with E-state index >= 15 is 0 Å². The molecule has 0 aliphatic carbocycles. The molecule has 0 nitrogen and oxygen atoms in total. The van der Waals surface area contributed by atoms with Crippen LogP contribution in [0.5, 0.6) is 0 Å². The lowest BCUT2D eigenvalue weighted by atomic mass is 10.2. The minimum absolute atomic E-state index is 1.02. The molecule has 0 radical (unpaired) electrons. The van der Waals surface area contributed by atoms with Crippen molar-refractivity contribution >= 4 is 0 Å². The second-order valence-corrected chi connectivity index (χ2v) is 2.97. The molecule has 0 rings (SSSR count). The van der Waals surface area contributed by atoms with E-state index in [1.165, 1.54) is 12.0 Å². The topological polar surface area (TPSA) is 0 Å². The Kier molecular flexibility index (Phi) is 8.33. The average molecular weight is 176 g/mol. The molecule has 0 heterocycles. The third-order valence-electron chi connectivity index (χ3n) is 1.71. The van der Waals surface area contributed by atoms with Gasteiger partial charge in [0.25, 0.3) is 0 Å². The van der Waals surface area contributed by atoms with Gasteiger partial charge in [-0.25, -0.2) is 0 Å². The van der Waals surface area contributed by atoms with E-state index in [9.17, 15) is 0 Å². The van der Waals surface area contributed by atoms with Gasteiger partial charge in [-0.1, -0.05) is 68.9 Å². The maximum absolute atomic E-state index is 3.88. The molecule has 0 saturated carbocycles. The van der Waals surface area contributed by atoms with Gasteiger partial charge in [0.05, 0.1) is 0 Å². The van der Waals surface area contributed by atoms with E-state index in [0.717, 1.165) is 12.8 Å². The van der Waals surface area contributed by atoms with Crippen molar-refractivity contribution in [3.8, 4) is 0 Å². The van der Waals surface area contributed by atoms with Crippen LogP contribution in [0.3, 0.4) is 0 Å². The Labute approximate surface area is 82.4 Å². The van der Waals surface area contributed by atoms with Gasteiger partial charge in [0.1, 0.15) is 0 Å². The molecule has 0 N–H and O–H groups in total. The lowest BCUT2D eigenvalue weighted by Crippen LogP contribution is -1.66. The minimum atomic E-state index is 1.02. The highest BCUT2D eigenvalue weighted by molar-refractivity contribution is 5.20. The molecular formula is C13H20. The molecule has 0 aromatic carbocycles. The first-order valence-electron chi connectivity index (χ1n) is 4.98. The van der Waals surface area contributed by atoms with Gasteiger partial charge >= 0.3 is 0 Å². The molecule has 0 bridgehead atoms. The predicted octanol–water partition coefficient (Wildman–Crippen LogP) is 4.42. The molecule has 0 unspecified atom stereocenters. The summed E-state index contributed by atoms with van der Waals surface area (Å²) in [6.07, 6.45) is 15.8. The first kappa shape index (κ1) is 12.0. The van der Waals surface area contributed by atoms with Gasteiger partial charge in [0.15, 0.2) is 0 Å². The fourth-order valence-corrected chi connectivity index (χ4v) is 0.779. The van der Waals surface area contributed by atoms with E-state index in [-0.39, 0.29) is 0 Å². The zero-order valence-electron chi connectivity index (χ0n) is 8.79. The van der Waals surface area contributed by atoms with Crippen LogP contribution in [-0.4, -0.2) is 0 Å². The van der Waals surface area contributed by atoms with E-state index in [1.807, 2.05) is 18.2 Å². The van der Waals surface area contributed by atoms with Gasteiger partial charge in [-0.2, -0.15) is 0 Å². The van der Waals surface area contributed by atoms with Gasteiger partial charge in [0, 0.05) is 0 Å². The summed E-state index contributed by atoms with van der Waals surface area (Å²) in [5, 5.41) is 0. The Balaban J connectivity index is 3.62. The summed E-state index contributed by atoms with van der Waals surface area (Å²) in [7, 11) is 0. The quantitative estimate of drug-likeness (QED) is 0.525. The smallest absolute Gasteiger partial charge is 0.0313 e. The van der Waals surface area contributed by atoms with Crippen LogP contribution in [-0.2, 0) is 0 Å². The normalized spacial score (nSPS) is 12.2. The molecule has 0 aliphatic heterocycles. The van der Waals surface area contributed by atoms with Crippen LogP contribution in [0.4, 0.5) is 0 Å². The lowest BCUT2D eigenvalue weighted by molar-refractivity contribution is 0.959. The van der Waals surface area contributed by atoms with Crippen LogP contribution >= 0.6 is 0 Å². The van der Waals surface area contributed by atoms with Gasteiger partial charge in [-0.05, 0) is 12.8 Å². The van der Waals surface area contributed by atoms with Gasteiger partial charge < -0.3 is 0 Å². The highest BCUT2D eigenvalue weighted by atomic mass is 13.8. The molecule has 13 heavy (non-hydrogen) atoms. The summed E-state index contributed by atoms with van der Waals surface area (Å²) in [6.45, 7) is 8.17. The minimum Gasteiger partial charge on any atom is -0.0958 e. The zero-order chi connectivity index (χ0) is 9.94. The van der Waals surface area contributed by atoms with E-state index in [2.05, 4.69) is 38.7 Å². The highest BCUT2D eigenvalue weighted by Gasteiger charge is 1.77. The van der Waals surface area contributed by atoms with Crippen molar-refractivity contribution in [3.63, 3.8) is 0 Å². The Bertz CT molecular complexity index is 204. The van der Waals surface area contributed by atoms with Crippen LogP contribution in [0.15, 0.2) is 48.6 Å². The Morgan fingerprint density at radius 3 is 2.38 bits per heavy atom. The summed E-state index contributed by atoms with van der Waals surface area (Å²) in [4.78, 5) is 0. The molecule has 0 aromatic rings. The molecular weight excluding hydrogens is 156 g/mol. The zero-order valence-corrected chi connectivity index (χ0v) is 8.79. The van der Waals surface area contributed by atoms with Crippen molar-refractivity contribution in [1.82, 2.24) is 0 Å². The summed E-state index contributed by atoms with van der Waals surface area (Å²) >= 11 is 0. The average Bonchev–Trinajstić information content (AvgIpc) is 2.16. The van der Waals surface area contributed by atoms with Crippen molar-refractivity contribution in [2.24, 2.45) is 0 Å². The number of rotatable bonds is 6. The van der Waals surface area contributed by atoms with Crippen LogP contribution in [0, 0.1) is 0 Å². The molecule has 72 valence electrons. The maximum Gasteiger partial charge on any atom is -0.0313 e. The fraction of sp³-hybridized carbons (Fsp3) is 0.385. The van der Waals surface area contributed by atoms with E-state index in [4.69, 9.17) is 0 Å². The fourth-order valence-electron chi connectivity index (χ4n) is 0.779. The Hall–Kier alpha value is -1.04. The monoisotopic (exact) mass is 176 g/mol. The van der Waals surface area contributed by atoms with Crippen LogP contribution in [0.2, 0.25) is 0 Å². The van der Waals surface area contributed by atoms with Crippen LogP contribution in [0.1, 0.15) is 33.1 Å². The highest BCUT2D eigenvalue weighted by Crippen LogP contribution is 1.97. The molecule has 0 aromatic heterocycles. The first-order valence-corrected chi connectivity index (χ1v) is 4.98. The SMILES string of the molecule is C=C(C=CC=CC=CCCC)CC. The number of hydrogen-bond donors (Lipinski definition) is 0. The van der Waals surface area contributed by atoms with E-state index in [1.54, 1.807) is 0 Å². The van der Waals surface area contributed by atoms with Crippen molar-refractivity contribution in [3.05, 3.63) is 48.6 Å². The largest absolute Gasteiger partial charge is 0.0958 e. The third kappa shape index (κ3) is 8.87.